The van der Waals surface area contributed by atoms with Gasteiger partial charge in [-0.1, -0.05) is 42.5 Å². The third-order valence-electron chi connectivity index (χ3n) is 5.26. The molecule has 4 N–H and O–H groups in total. The first-order chi connectivity index (χ1) is 13.6. The minimum absolute atomic E-state index is 0.432. The van der Waals surface area contributed by atoms with E-state index < -0.39 is 12.0 Å². The third kappa shape index (κ3) is 3.98. The number of fused-ring (bicyclic) bond motifs is 1. The Bertz CT molecular complexity index is 950. The van der Waals surface area contributed by atoms with Gasteiger partial charge in [0, 0.05) is 37.2 Å². The first-order valence-electron chi connectivity index (χ1n) is 9.53. The number of hydrogen-bond donors (Lipinski definition) is 3. The van der Waals surface area contributed by atoms with Crippen LogP contribution in [0.15, 0.2) is 54.6 Å². The van der Waals surface area contributed by atoms with Gasteiger partial charge in [-0.2, -0.15) is 0 Å². The van der Waals surface area contributed by atoms with Crippen molar-refractivity contribution in [2.24, 2.45) is 5.73 Å². The topological polar surface area (TPSA) is 95.2 Å². The quantitative estimate of drug-likeness (QED) is 0.616. The molecular formula is C22H24N4O2. The van der Waals surface area contributed by atoms with Crippen LogP contribution in [0, 0.1) is 0 Å². The summed E-state index contributed by atoms with van der Waals surface area (Å²) in [6.07, 6.45) is 1.14. The van der Waals surface area contributed by atoms with Crippen molar-refractivity contribution in [3.63, 3.8) is 0 Å². The Morgan fingerprint density at radius 1 is 1.18 bits per heavy atom. The number of H-pyrrole nitrogens is 1. The minimum Gasteiger partial charge on any atom is -0.388 e. The Hall–Kier alpha value is -2.96. The lowest BCUT2D eigenvalue weighted by Crippen LogP contribution is -2.32. The molecule has 0 radical (unpaired) electrons. The molecule has 3 aromatic rings. The van der Waals surface area contributed by atoms with Crippen molar-refractivity contribution in [2.45, 2.75) is 25.5 Å². The summed E-state index contributed by atoms with van der Waals surface area (Å²) in [5, 5.41) is 10.4. The zero-order valence-electron chi connectivity index (χ0n) is 15.6. The van der Waals surface area contributed by atoms with Gasteiger partial charge in [0.05, 0.1) is 17.5 Å². The van der Waals surface area contributed by atoms with E-state index in [1.165, 1.54) is 0 Å². The van der Waals surface area contributed by atoms with Gasteiger partial charge in [-0.25, -0.2) is 4.98 Å². The number of nitrogens with two attached hydrogens (primary N) is 1. The molecule has 4 rings (SSSR count). The maximum absolute atomic E-state index is 11.2. The van der Waals surface area contributed by atoms with Crippen LogP contribution in [0.4, 0.5) is 0 Å². The van der Waals surface area contributed by atoms with Gasteiger partial charge in [0.25, 0.3) is 0 Å². The third-order valence-corrected chi connectivity index (χ3v) is 5.26. The van der Waals surface area contributed by atoms with Crippen molar-refractivity contribution in [2.75, 3.05) is 13.1 Å². The van der Waals surface area contributed by atoms with Gasteiger partial charge in [0.15, 0.2) is 0 Å². The lowest BCUT2D eigenvalue weighted by molar-refractivity contribution is 0.100. The number of amides is 1. The Kier molecular flexibility index (Phi) is 5.23. The predicted octanol–water partition coefficient (Wildman–Crippen LogP) is 2.66. The molecule has 0 spiro atoms. The molecule has 2 aromatic carbocycles. The Morgan fingerprint density at radius 2 is 1.93 bits per heavy atom. The number of aromatic nitrogens is 2. The van der Waals surface area contributed by atoms with Gasteiger partial charge < -0.3 is 15.8 Å². The van der Waals surface area contributed by atoms with Gasteiger partial charge in [-0.15, -0.1) is 0 Å². The van der Waals surface area contributed by atoms with Crippen LogP contribution in [-0.2, 0) is 13.0 Å². The maximum atomic E-state index is 11.2. The van der Waals surface area contributed by atoms with Gasteiger partial charge in [0.1, 0.15) is 5.82 Å². The molecule has 0 unspecified atom stereocenters. The number of aromatic amines is 1. The highest BCUT2D eigenvalue weighted by Gasteiger charge is 2.21. The molecule has 28 heavy (non-hydrogen) atoms. The largest absolute Gasteiger partial charge is 0.388 e. The smallest absolute Gasteiger partial charge is 0.248 e. The van der Waals surface area contributed by atoms with E-state index in [1.54, 1.807) is 12.1 Å². The first kappa shape index (κ1) is 18.4. The van der Waals surface area contributed by atoms with Crippen LogP contribution in [0.1, 0.15) is 39.8 Å². The standard InChI is InChI=1S/C22H24N4O2/c23-21(28)16-6-8-17(9-7-16)22-24-18-10-12-26(14-19(18)25-22)13-11-20(27)15-4-2-1-3-5-15/h1-9,20,27H,10-14H2,(H2,23,28)(H,24,25)/t20-/m0/s1. The van der Waals surface area contributed by atoms with Crippen molar-refractivity contribution in [3.05, 3.63) is 77.1 Å². The van der Waals surface area contributed by atoms with Gasteiger partial charge >= 0.3 is 0 Å². The van der Waals surface area contributed by atoms with Crippen LogP contribution in [0.25, 0.3) is 11.4 Å². The van der Waals surface area contributed by atoms with E-state index in [0.29, 0.717) is 12.0 Å². The molecule has 1 amide bonds. The van der Waals surface area contributed by atoms with E-state index in [9.17, 15) is 9.90 Å². The molecule has 1 atom stereocenters. The Morgan fingerprint density at radius 3 is 2.64 bits per heavy atom. The number of carbonyl (C=O) groups is 1. The van der Waals surface area contributed by atoms with E-state index in [0.717, 1.165) is 54.4 Å². The molecule has 0 fully saturated rings. The number of nitrogens with zero attached hydrogens (tertiary/aromatic N) is 2. The summed E-state index contributed by atoms with van der Waals surface area (Å²) in [6, 6.07) is 16.9. The fourth-order valence-electron chi connectivity index (χ4n) is 3.62. The fourth-order valence-corrected chi connectivity index (χ4v) is 3.62. The number of imidazole rings is 1. The molecule has 0 saturated carbocycles. The summed E-state index contributed by atoms with van der Waals surface area (Å²) in [7, 11) is 0. The zero-order chi connectivity index (χ0) is 19.5. The van der Waals surface area contributed by atoms with Crippen molar-refractivity contribution in [1.82, 2.24) is 14.9 Å². The summed E-state index contributed by atoms with van der Waals surface area (Å²) in [6.45, 7) is 2.56. The normalized spacial score (nSPS) is 15.2. The SMILES string of the molecule is NC(=O)c1ccc(-c2nc3c([nH]2)CN(CC[C@H](O)c2ccccc2)CC3)cc1. The molecule has 144 valence electrons. The zero-order valence-corrected chi connectivity index (χ0v) is 15.6. The number of aliphatic hydroxyl groups is 1. The van der Waals surface area contributed by atoms with Gasteiger partial charge in [-0.05, 0) is 24.1 Å². The molecule has 0 aliphatic carbocycles. The second-order valence-corrected chi connectivity index (χ2v) is 7.19. The number of aliphatic hydroxyl groups excluding tert-OH is 1. The van der Waals surface area contributed by atoms with E-state index in [2.05, 4.69) is 9.88 Å². The molecule has 6 heteroatoms. The van der Waals surface area contributed by atoms with Crippen LogP contribution < -0.4 is 5.73 Å². The molecule has 1 aliphatic rings. The van der Waals surface area contributed by atoms with Crippen molar-refractivity contribution in [3.8, 4) is 11.4 Å². The summed E-state index contributed by atoms with van der Waals surface area (Å²) >= 11 is 0. The number of benzene rings is 2. The highest BCUT2D eigenvalue weighted by Crippen LogP contribution is 2.24. The second-order valence-electron chi connectivity index (χ2n) is 7.19. The van der Waals surface area contributed by atoms with Crippen LogP contribution >= 0.6 is 0 Å². The molecule has 0 bridgehead atoms. The van der Waals surface area contributed by atoms with Gasteiger partial charge in [0.2, 0.25) is 5.91 Å². The maximum Gasteiger partial charge on any atom is 0.248 e. The van der Waals surface area contributed by atoms with Crippen LogP contribution in [0.2, 0.25) is 0 Å². The molecule has 1 aromatic heterocycles. The molecular weight excluding hydrogens is 352 g/mol. The average molecular weight is 376 g/mol. The number of primary amides is 1. The van der Waals surface area contributed by atoms with Crippen LogP contribution in [-0.4, -0.2) is 39.0 Å². The number of rotatable bonds is 6. The van der Waals surface area contributed by atoms with Crippen molar-refractivity contribution in [1.29, 1.82) is 0 Å². The Labute approximate surface area is 164 Å². The lowest BCUT2D eigenvalue weighted by Gasteiger charge is -2.26. The van der Waals surface area contributed by atoms with Crippen LogP contribution in [0.5, 0.6) is 0 Å². The number of hydrogen-bond acceptors (Lipinski definition) is 4. The highest BCUT2D eigenvalue weighted by molar-refractivity contribution is 5.93. The summed E-state index contributed by atoms with van der Waals surface area (Å²) in [5.41, 5.74) is 9.90. The molecule has 1 aliphatic heterocycles. The summed E-state index contributed by atoms with van der Waals surface area (Å²) in [4.78, 5) is 21.7. The van der Waals surface area contributed by atoms with Crippen molar-refractivity contribution < 1.29 is 9.90 Å². The highest BCUT2D eigenvalue weighted by atomic mass is 16.3. The predicted molar refractivity (Wildman–Crippen MR) is 108 cm³/mol. The van der Waals surface area contributed by atoms with Crippen molar-refractivity contribution >= 4 is 5.91 Å². The van der Waals surface area contributed by atoms with E-state index in [-0.39, 0.29) is 0 Å². The van der Waals surface area contributed by atoms with E-state index in [4.69, 9.17) is 10.7 Å². The van der Waals surface area contributed by atoms with Gasteiger partial charge in [-0.3, -0.25) is 9.69 Å². The summed E-state index contributed by atoms with van der Waals surface area (Å²) < 4.78 is 0. The van der Waals surface area contributed by atoms with E-state index in [1.807, 2.05) is 42.5 Å². The molecule has 0 saturated heterocycles. The second kappa shape index (κ2) is 7.96. The Balaban J connectivity index is 1.40. The molecule has 6 nitrogen and oxygen atoms in total. The monoisotopic (exact) mass is 376 g/mol. The number of nitrogens with one attached hydrogen (secondary N) is 1. The first-order valence-corrected chi connectivity index (χ1v) is 9.53. The average Bonchev–Trinajstić information content (AvgIpc) is 3.16. The lowest BCUT2D eigenvalue weighted by atomic mass is 10.1. The molecule has 2 heterocycles. The van der Waals surface area contributed by atoms with Crippen LogP contribution in [0.3, 0.4) is 0 Å². The fraction of sp³-hybridized carbons (Fsp3) is 0.273. The minimum atomic E-state index is -0.441. The van der Waals surface area contributed by atoms with E-state index >= 15 is 0 Å². The summed E-state index contributed by atoms with van der Waals surface area (Å²) in [5.74, 6) is 0.380. The number of carbonyl (C=O) groups excluding carboxylic acids is 1.